The minimum atomic E-state index is -0.789. The second kappa shape index (κ2) is 5.57. The average molecular weight is 323 g/mol. The van der Waals surface area contributed by atoms with Crippen LogP contribution in [0.5, 0.6) is 0 Å². The molecule has 1 atom stereocenters. The molecule has 0 aliphatic heterocycles. The van der Waals surface area contributed by atoms with Crippen LogP contribution in [0.15, 0.2) is 34.9 Å². The zero-order valence-electron chi connectivity index (χ0n) is 10.8. The summed E-state index contributed by atoms with van der Waals surface area (Å²) in [4.78, 5) is 11.0. The predicted octanol–water partition coefficient (Wildman–Crippen LogP) is 3.11. The number of hydrogen-bond acceptors (Lipinski definition) is 2. The molecule has 2 rings (SSSR count). The number of rotatable bonds is 4. The van der Waals surface area contributed by atoms with E-state index in [1.54, 1.807) is 17.8 Å². The Morgan fingerprint density at radius 1 is 1.42 bits per heavy atom. The van der Waals surface area contributed by atoms with E-state index in [1.165, 1.54) is 0 Å². The molecular weight excluding hydrogens is 308 g/mol. The first-order valence-corrected chi connectivity index (χ1v) is 6.78. The SMILES string of the molecule is CC(Cc1c(-c2ccc(Br)cc2)cnn1C)C(=O)O. The van der Waals surface area contributed by atoms with Crippen LogP contribution in [0.3, 0.4) is 0 Å². The maximum atomic E-state index is 11.0. The lowest BCUT2D eigenvalue weighted by Crippen LogP contribution is -2.15. The van der Waals surface area contributed by atoms with E-state index < -0.39 is 11.9 Å². The Labute approximate surface area is 120 Å². The molecule has 0 amide bonds. The van der Waals surface area contributed by atoms with Crippen molar-refractivity contribution >= 4 is 21.9 Å². The number of carboxylic acid groups (broad SMARTS) is 1. The van der Waals surface area contributed by atoms with E-state index in [1.807, 2.05) is 31.3 Å². The highest BCUT2D eigenvalue weighted by Crippen LogP contribution is 2.26. The summed E-state index contributed by atoms with van der Waals surface area (Å²) in [7, 11) is 1.84. The highest BCUT2D eigenvalue weighted by atomic mass is 79.9. The van der Waals surface area contributed by atoms with Gasteiger partial charge in [-0.1, -0.05) is 35.0 Å². The molecule has 1 heterocycles. The fraction of sp³-hybridized carbons (Fsp3) is 0.286. The van der Waals surface area contributed by atoms with E-state index in [4.69, 9.17) is 5.11 Å². The molecule has 100 valence electrons. The highest BCUT2D eigenvalue weighted by molar-refractivity contribution is 9.10. The lowest BCUT2D eigenvalue weighted by Gasteiger charge is -2.09. The first-order chi connectivity index (χ1) is 8.99. The highest BCUT2D eigenvalue weighted by Gasteiger charge is 2.18. The van der Waals surface area contributed by atoms with Crippen LogP contribution in [-0.2, 0) is 18.3 Å². The van der Waals surface area contributed by atoms with E-state index in [2.05, 4.69) is 21.0 Å². The molecule has 1 N–H and O–H groups in total. The minimum Gasteiger partial charge on any atom is -0.481 e. The second-order valence-corrected chi connectivity index (χ2v) is 5.49. The summed E-state index contributed by atoms with van der Waals surface area (Å²) in [6.07, 6.45) is 2.25. The fourth-order valence-corrected chi connectivity index (χ4v) is 2.22. The number of hydrogen-bond donors (Lipinski definition) is 1. The fourth-order valence-electron chi connectivity index (χ4n) is 1.95. The Bertz CT molecular complexity index is 590. The van der Waals surface area contributed by atoms with Gasteiger partial charge in [-0.05, 0) is 17.7 Å². The summed E-state index contributed by atoms with van der Waals surface area (Å²) in [5.74, 6) is -1.22. The van der Waals surface area contributed by atoms with Crippen LogP contribution in [0.1, 0.15) is 12.6 Å². The molecule has 1 unspecified atom stereocenters. The van der Waals surface area contributed by atoms with E-state index in [-0.39, 0.29) is 0 Å². The summed E-state index contributed by atoms with van der Waals surface area (Å²) in [6.45, 7) is 1.71. The van der Waals surface area contributed by atoms with Gasteiger partial charge in [0.2, 0.25) is 0 Å². The Morgan fingerprint density at radius 3 is 2.63 bits per heavy atom. The Hall–Kier alpha value is -1.62. The monoisotopic (exact) mass is 322 g/mol. The molecule has 2 aromatic rings. The third kappa shape index (κ3) is 3.04. The molecule has 0 saturated heterocycles. The molecule has 0 spiro atoms. The van der Waals surface area contributed by atoms with Crippen LogP contribution in [0.25, 0.3) is 11.1 Å². The van der Waals surface area contributed by atoms with Crippen molar-refractivity contribution in [1.82, 2.24) is 9.78 Å². The second-order valence-electron chi connectivity index (χ2n) is 4.58. The summed E-state index contributed by atoms with van der Waals surface area (Å²) < 4.78 is 2.76. The van der Waals surface area contributed by atoms with Crippen molar-refractivity contribution < 1.29 is 9.90 Å². The number of aryl methyl sites for hydroxylation is 1. The van der Waals surface area contributed by atoms with Gasteiger partial charge >= 0.3 is 5.97 Å². The summed E-state index contributed by atoms with van der Waals surface area (Å²) in [5, 5.41) is 13.3. The predicted molar refractivity (Wildman–Crippen MR) is 76.8 cm³/mol. The van der Waals surface area contributed by atoms with Gasteiger partial charge in [0, 0.05) is 29.2 Å². The summed E-state index contributed by atoms with van der Waals surface area (Å²) >= 11 is 3.40. The van der Waals surface area contributed by atoms with E-state index in [0.717, 1.165) is 21.3 Å². The largest absolute Gasteiger partial charge is 0.481 e. The first kappa shape index (κ1) is 13.8. The summed E-state index contributed by atoms with van der Waals surface area (Å²) in [6, 6.07) is 7.92. The van der Waals surface area contributed by atoms with E-state index in [0.29, 0.717) is 6.42 Å². The number of carboxylic acids is 1. The van der Waals surface area contributed by atoms with Crippen molar-refractivity contribution in [2.45, 2.75) is 13.3 Å². The number of nitrogens with zero attached hydrogens (tertiary/aromatic N) is 2. The zero-order chi connectivity index (χ0) is 14.0. The minimum absolute atomic E-state index is 0.426. The zero-order valence-corrected chi connectivity index (χ0v) is 12.4. The maximum Gasteiger partial charge on any atom is 0.306 e. The molecule has 1 aromatic heterocycles. The molecule has 4 nitrogen and oxygen atoms in total. The van der Waals surface area contributed by atoms with Crippen LogP contribution in [0, 0.1) is 5.92 Å². The van der Waals surface area contributed by atoms with Crippen molar-refractivity contribution in [2.75, 3.05) is 0 Å². The Kier molecular flexibility index (Phi) is 4.04. The molecule has 0 fully saturated rings. The van der Waals surface area contributed by atoms with Gasteiger partial charge < -0.3 is 5.11 Å². The molecule has 0 aliphatic rings. The maximum absolute atomic E-state index is 11.0. The Morgan fingerprint density at radius 2 is 2.05 bits per heavy atom. The standard InChI is InChI=1S/C14H15BrN2O2/c1-9(14(18)19)7-13-12(8-16-17(13)2)10-3-5-11(15)6-4-10/h3-6,8-9H,7H2,1-2H3,(H,18,19). The van der Waals surface area contributed by atoms with Crippen LogP contribution in [-0.4, -0.2) is 20.9 Å². The molecule has 0 saturated carbocycles. The van der Waals surface area contributed by atoms with Gasteiger partial charge in [0.1, 0.15) is 0 Å². The first-order valence-electron chi connectivity index (χ1n) is 5.98. The summed E-state index contributed by atoms with van der Waals surface area (Å²) in [5.41, 5.74) is 2.98. The third-order valence-corrected chi connectivity index (χ3v) is 3.67. The number of aromatic nitrogens is 2. The van der Waals surface area contributed by atoms with Gasteiger partial charge in [-0.2, -0.15) is 5.10 Å². The van der Waals surface area contributed by atoms with Crippen molar-refractivity contribution in [3.05, 3.63) is 40.6 Å². The third-order valence-electron chi connectivity index (χ3n) is 3.14. The van der Waals surface area contributed by atoms with Gasteiger partial charge in [-0.25, -0.2) is 0 Å². The van der Waals surface area contributed by atoms with Crippen LogP contribution in [0.4, 0.5) is 0 Å². The quantitative estimate of drug-likeness (QED) is 0.940. The van der Waals surface area contributed by atoms with Crippen molar-refractivity contribution in [1.29, 1.82) is 0 Å². The van der Waals surface area contributed by atoms with Crippen molar-refractivity contribution in [3.63, 3.8) is 0 Å². The van der Waals surface area contributed by atoms with Gasteiger partial charge in [-0.15, -0.1) is 0 Å². The van der Waals surface area contributed by atoms with Gasteiger partial charge in [0.25, 0.3) is 0 Å². The molecule has 1 aromatic carbocycles. The molecule has 0 aliphatic carbocycles. The molecule has 0 bridgehead atoms. The van der Waals surface area contributed by atoms with Crippen LogP contribution in [0.2, 0.25) is 0 Å². The molecule has 5 heteroatoms. The average Bonchev–Trinajstić information content (AvgIpc) is 2.72. The number of aliphatic carboxylic acids is 1. The lowest BCUT2D eigenvalue weighted by molar-refractivity contribution is -0.141. The molecule has 0 radical (unpaired) electrons. The van der Waals surface area contributed by atoms with Gasteiger partial charge in [-0.3, -0.25) is 9.48 Å². The Balaban J connectivity index is 2.37. The molecule has 19 heavy (non-hydrogen) atoms. The van der Waals surface area contributed by atoms with Crippen molar-refractivity contribution in [3.8, 4) is 11.1 Å². The van der Waals surface area contributed by atoms with Crippen LogP contribution < -0.4 is 0 Å². The van der Waals surface area contributed by atoms with Gasteiger partial charge in [0.15, 0.2) is 0 Å². The van der Waals surface area contributed by atoms with Gasteiger partial charge in [0.05, 0.1) is 12.1 Å². The van der Waals surface area contributed by atoms with Crippen molar-refractivity contribution in [2.24, 2.45) is 13.0 Å². The number of benzene rings is 1. The van der Waals surface area contributed by atoms with Crippen LogP contribution >= 0.6 is 15.9 Å². The smallest absolute Gasteiger partial charge is 0.306 e. The van der Waals surface area contributed by atoms with E-state index >= 15 is 0 Å². The normalized spacial score (nSPS) is 12.4. The topological polar surface area (TPSA) is 55.1 Å². The number of halogens is 1. The van der Waals surface area contributed by atoms with E-state index in [9.17, 15) is 4.79 Å². The molecular formula is C14H15BrN2O2. The number of carbonyl (C=O) groups is 1. The lowest BCUT2D eigenvalue weighted by atomic mass is 9.99.